The van der Waals surface area contributed by atoms with Crippen LogP contribution in [0.2, 0.25) is 0 Å². The maximum atomic E-state index is 12.5. The number of fused-ring (bicyclic) bond motifs is 1. The van der Waals surface area contributed by atoms with Crippen molar-refractivity contribution >= 4 is 22.8 Å². The standard InChI is InChI=1S/C25H26N4O3/c1-31-20-14-19(15-21(16-20)32-2)27-24(30)12-6-11-23-28-22-10-7-13-26-25(22)29(23)17-18-8-4-3-5-9-18/h3-5,7-10,13-16H,6,11-12,17H2,1-2H3,(H,27,30). The molecule has 0 saturated carbocycles. The Bertz CT molecular complexity index is 1180. The number of rotatable bonds is 9. The van der Waals surface area contributed by atoms with Gasteiger partial charge in [0, 0.05) is 42.9 Å². The Morgan fingerprint density at radius 3 is 2.47 bits per heavy atom. The average Bonchev–Trinajstić information content (AvgIpc) is 3.16. The van der Waals surface area contributed by atoms with Crippen LogP contribution in [0.25, 0.3) is 11.2 Å². The molecular formula is C25H26N4O3. The van der Waals surface area contributed by atoms with Gasteiger partial charge in [0.05, 0.1) is 20.8 Å². The second-order valence-corrected chi connectivity index (χ2v) is 7.45. The molecule has 7 nitrogen and oxygen atoms in total. The predicted octanol–water partition coefficient (Wildman–Crippen LogP) is 4.46. The van der Waals surface area contributed by atoms with Crippen LogP contribution in [0, 0.1) is 0 Å². The van der Waals surface area contributed by atoms with Gasteiger partial charge < -0.3 is 19.4 Å². The molecule has 0 aliphatic heterocycles. The molecule has 1 amide bonds. The average molecular weight is 431 g/mol. The van der Waals surface area contributed by atoms with Crippen molar-refractivity contribution in [3.63, 3.8) is 0 Å². The number of pyridine rings is 1. The summed E-state index contributed by atoms with van der Waals surface area (Å²) in [5.74, 6) is 2.12. The van der Waals surface area contributed by atoms with Crippen molar-refractivity contribution in [1.82, 2.24) is 14.5 Å². The number of benzene rings is 2. The molecule has 0 fully saturated rings. The maximum absolute atomic E-state index is 12.5. The number of anilines is 1. The van der Waals surface area contributed by atoms with E-state index in [1.807, 2.05) is 30.3 Å². The lowest BCUT2D eigenvalue weighted by molar-refractivity contribution is -0.116. The van der Waals surface area contributed by atoms with E-state index in [2.05, 4.69) is 27.0 Å². The molecule has 0 aliphatic carbocycles. The quantitative estimate of drug-likeness (QED) is 0.424. The smallest absolute Gasteiger partial charge is 0.224 e. The number of aromatic nitrogens is 3. The molecule has 0 unspecified atom stereocenters. The van der Waals surface area contributed by atoms with Gasteiger partial charge in [0.1, 0.15) is 22.8 Å². The lowest BCUT2D eigenvalue weighted by atomic mass is 10.2. The summed E-state index contributed by atoms with van der Waals surface area (Å²) in [5, 5.41) is 2.92. The van der Waals surface area contributed by atoms with E-state index < -0.39 is 0 Å². The number of carbonyl (C=O) groups excluding carboxylic acids is 1. The summed E-state index contributed by atoms with van der Waals surface area (Å²) >= 11 is 0. The molecule has 2 aromatic carbocycles. The van der Waals surface area contributed by atoms with Crippen molar-refractivity contribution in [2.75, 3.05) is 19.5 Å². The van der Waals surface area contributed by atoms with E-state index in [1.54, 1.807) is 38.6 Å². The number of imidazole rings is 1. The molecule has 32 heavy (non-hydrogen) atoms. The van der Waals surface area contributed by atoms with Crippen LogP contribution < -0.4 is 14.8 Å². The molecule has 0 spiro atoms. The number of amides is 1. The van der Waals surface area contributed by atoms with Gasteiger partial charge in [0.25, 0.3) is 0 Å². The van der Waals surface area contributed by atoms with Gasteiger partial charge in [-0.05, 0) is 24.1 Å². The summed E-state index contributed by atoms with van der Waals surface area (Å²) in [5.41, 5.74) is 3.56. The monoisotopic (exact) mass is 430 g/mol. The third kappa shape index (κ3) is 5.06. The van der Waals surface area contributed by atoms with Crippen LogP contribution in [0.5, 0.6) is 11.5 Å². The van der Waals surface area contributed by atoms with Crippen LogP contribution in [0.3, 0.4) is 0 Å². The summed E-state index contributed by atoms with van der Waals surface area (Å²) in [6, 6.07) is 19.4. The van der Waals surface area contributed by atoms with Gasteiger partial charge >= 0.3 is 0 Å². The number of hydrogen-bond acceptors (Lipinski definition) is 5. The van der Waals surface area contributed by atoms with E-state index in [0.717, 1.165) is 17.0 Å². The Balaban J connectivity index is 1.43. The van der Waals surface area contributed by atoms with E-state index >= 15 is 0 Å². The molecule has 2 aromatic heterocycles. The molecule has 1 N–H and O–H groups in total. The number of ether oxygens (including phenoxy) is 2. The Labute approximate surface area is 187 Å². The highest BCUT2D eigenvalue weighted by atomic mass is 16.5. The first kappa shape index (κ1) is 21.4. The van der Waals surface area contributed by atoms with E-state index in [-0.39, 0.29) is 5.91 Å². The van der Waals surface area contributed by atoms with E-state index in [4.69, 9.17) is 14.5 Å². The van der Waals surface area contributed by atoms with Gasteiger partial charge in [-0.2, -0.15) is 0 Å². The summed E-state index contributed by atoms with van der Waals surface area (Å²) in [7, 11) is 3.16. The first-order valence-electron chi connectivity index (χ1n) is 10.5. The van der Waals surface area contributed by atoms with Crippen molar-refractivity contribution < 1.29 is 14.3 Å². The molecule has 0 atom stereocenters. The van der Waals surface area contributed by atoms with Crippen LogP contribution in [0.1, 0.15) is 24.2 Å². The number of methoxy groups -OCH3 is 2. The molecule has 7 heteroatoms. The fourth-order valence-corrected chi connectivity index (χ4v) is 3.64. The molecule has 4 rings (SSSR count). The minimum absolute atomic E-state index is 0.0656. The van der Waals surface area contributed by atoms with Gasteiger partial charge in [-0.25, -0.2) is 9.97 Å². The van der Waals surface area contributed by atoms with E-state index in [1.165, 1.54) is 5.56 Å². The number of aryl methyl sites for hydroxylation is 1. The highest BCUT2D eigenvalue weighted by Crippen LogP contribution is 2.26. The Morgan fingerprint density at radius 2 is 1.75 bits per heavy atom. The number of nitrogens with one attached hydrogen (secondary N) is 1. The molecule has 2 heterocycles. The zero-order chi connectivity index (χ0) is 22.3. The third-order valence-corrected chi connectivity index (χ3v) is 5.21. The summed E-state index contributed by atoms with van der Waals surface area (Å²) in [6.45, 7) is 0.694. The largest absolute Gasteiger partial charge is 0.497 e. The van der Waals surface area contributed by atoms with Crippen LogP contribution in [0.4, 0.5) is 5.69 Å². The van der Waals surface area contributed by atoms with E-state index in [9.17, 15) is 4.79 Å². The van der Waals surface area contributed by atoms with Crippen molar-refractivity contribution in [2.45, 2.75) is 25.8 Å². The Kier molecular flexibility index (Phi) is 6.65. The fourth-order valence-electron chi connectivity index (χ4n) is 3.64. The normalized spacial score (nSPS) is 10.8. The summed E-state index contributed by atoms with van der Waals surface area (Å²) in [6.07, 6.45) is 3.51. The number of nitrogens with zero attached hydrogens (tertiary/aromatic N) is 3. The molecule has 164 valence electrons. The molecular weight excluding hydrogens is 404 g/mol. The SMILES string of the molecule is COc1cc(NC(=O)CCCc2nc3cccnc3n2Cc2ccccc2)cc(OC)c1. The Morgan fingerprint density at radius 1 is 1.00 bits per heavy atom. The highest BCUT2D eigenvalue weighted by molar-refractivity contribution is 5.91. The lowest BCUT2D eigenvalue weighted by Gasteiger charge is -2.11. The van der Waals surface area contributed by atoms with Gasteiger partial charge in [-0.3, -0.25) is 4.79 Å². The molecule has 0 saturated heterocycles. The Hall–Kier alpha value is -3.87. The third-order valence-electron chi connectivity index (χ3n) is 5.21. The van der Waals surface area contributed by atoms with Crippen LogP contribution in [-0.4, -0.2) is 34.7 Å². The highest BCUT2D eigenvalue weighted by Gasteiger charge is 2.13. The minimum atomic E-state index is -0.0656. The van der Waals surface area contributed by atoms with Gasteiger partial charge in [0.2, 0.25) is 5.91 Å². The van der Waals surface area contributed by atoms with Crippen molar-refractivity contribution in [3.8, 4) is 11.5 Å². The van der Waals surface area contributed by atoms with Crippen molar-refractivity contribution in [1.29, 1.82) is 0 Å². The fraction of sp³-hybridized carbons (Fsp3) is 0.240. The minimum Gasteiger partial charge on any atom is -0.497 e. The topological polar surface area (TPSA) is 78.3 Å². The number of carbonyl (C=O) groups is 1. The lowest BCUT2D eigenvalue weighted by Crippen LogP contribution is -2.13. The van der Waals surface area contributed by atoms with Crippen molar-refractivity contribution in [3.05, 3.63) is 78.2 Å². The molecule has 0 aliphatic rings. The second-order valence-electron chi connectivity index (χ2n) is 7.45. The van der Waals surface area contributed by atoms with Gasteiger partial charge in [-0.15, -0.1) is 0 Å². The van der Waals surface area contributed by atoms with Crippen LogP contribution in [0.15, 0.2) is 66.9 Å². The predicted molar refractivity (Wildman–Crippen MR) is 124 cm³/mol. The maximum Gasteiger partial charge on any atom is 0.224 e. The van der Waals surface area contributed by atoms with Crippen LogP contribution in [-0.2, 0) is 17.8 Å². The van der Waals surface area contributed by atoms with Gasteiger partial charge in [-0.1, -0.05) is 30.3 Å². The second kappa shape index (κ2) is 9.96. The zero-order valence-electron chi connectivity index (χ0n) is 18.2. The molecule has 0 bridgehead atoms. The van der Waals surface area contributed by atoms with Crippen molar-refractivity contribution in [2.24, 2.45) is 0 Å². The first-order valence-corrected chi connectivity index (χ1v) is 10.5. The van der Waals surface area contributed by atoms with E-state index in [0.29, 0.717) is 43.0 Å². The summed E-state index contributed by atoms with van der Waals surface area (Å²) < 4.78 is 12.7. The number of hydrogen-bond donors (Lipinski definition) is 1. The molecule has 0 radical (unpaired) electrons. The summed E-state index contributed by atoms with van der Waals surface area (Å²) in [4.78, 5) is 21.8. The van der Waals surface area contributed by atoms with Crippen LogP contribution >= 0.6 is 0 Å². The first-order chi connectivity index (χ1) is 15.7. The van der Waals surface area contributed by atoms with Gasteiger partial charge in [0.15, 0.2) is 5.65 Å². The molecule has 4 aromatic rings. The zero-order valence-corrected chi connectivity index (χ0v) is 18.2.